The van der Waals surface area contributed by atoms with Gasteiger partial charge in [-0.1, -0.05) is 26.7 Å². The van der Waals surface area contributed by atoms with Gasteiger partial charge in [0.05, 0.1) is 11.9 Å². The normalized spacial score (nSPS) is 33.2. The van der Waals surface area contributed by atoms with Gasteiger partial charge < -0.3 is 14.7 Å². The molecular formula is C15H28N2O2S. The molecule has 4 atom stereocenters. The zero-order chi connectivity index (χ0) is 14.7. The summed E-state index contributed by atoms with van der Waals surface area (Å²) in [6.07, 6.45) is 7.40. The molecule has 20 heavy (non-hydrogen) atoms. The lowest BCUT2D eigenvalue weighted by Gasteiger charge is -2.26. The Morgan fingerprint density at radius 3 is 2.70 bits per heavy atom. The third-order valence-electron chi connectivity index (χ3n) is 4.49. The minimum atomic E-state index is -0.449. The van der Waals surface area contributed by atoms with Crippen molar-refractivity contribution in [1.29, 1.82) is 5.41 Å². The summed E-state index contributed by atoms with van der Waals surface area (Å²) >= 11 is 1.79. The lowest BCUT2D eigenvalue weighted by molar-refractivity contribution is 0.0116. The van der Waals surface area contributed by atoms with Crippen LogP contribution in [0.4, 0.5) is 0 Å². The van der Waals surface area contributed by atoms with Gasteiger partial charge in [0.15, 0.2) is 0 Å². The van der Waals surface area contributed by atoms with Crippen molar-refractivity contribution in [2.45, 2.75) is 63.7 Å². The molecule has 0 aromatic carbocycles. The molecule has 0 aliphatic carbocycles. The Kier molecular flexibility index (Phi) is 5.75. The van der Waals surface area contributed by atoms with E-state index in [9.17, 15) is 5.11 Å². The van der Waals surface area contributed by atoms with E-state index in [2.05, 4.69) is 20.1 Å². The molecule has 0 saturated carbocycles. The summed E-state index contributed by atoms with van der Waals surface area (Å²) in [5.74, 6) is 1.28. The standard InChI is InChI=1S/C15H28N2O2S/c1-10(2)11-9-13(16)17(14(11)18)8-6-4-5-7-12-15(19-12)20-3/h10-12,14-16,18H,4-9H2,1-3H3. The van der Waals surface area contributed by atoms with Gasteiger partial charge in [-0.15, -0.1) is 11.8 Å². The predicted molar refractivity (Wildman–Crippen MR) is 84.0 cm³/mol. The summed E-state index contributed by atoms with van der Waals surface area (Å²) in [5, 5.41) is 18.3. The topological polar surface area (TPSA) is 59.9 Å². The first kappa shape index (κ1) is 16.1. The second kappa shape index (κ2) is 7.14. The molecule has 0 bridgehead atoms. The van der Waals surface area contributed by atoms with Gasteiger partial charge in [-0.25, -0.2) is 0 Å². The molecule has 2 aliphatic rings. The Morgan fingerprint density at radius 2 is 2.15 bits per heavy atom. The highest BCUT2D eigenvalue weighted by atomic mass is 32.2. The molecule has 4 unspecified atom stereocenters. The molecule has 5 heteroatoms. The van der Waals surface area contributed by atoms with Crippen molar-refractivity contribution in [3.05, 3.63) is 0 Å². The molecule has 0 amide bonds. The molecule has 0 spiro atoms. The number of rotatable bonds is 8. The second-order valence-electron chi connectivity index (χ2n) is 6.29. The highest BCUT2D eigenvalue weighted by molar-refractivity contribution is 7.99. The Labute approximate surface area is 126 Å². The van der Waals surface area contributed by atoms with Crippen molar-refractivity contribution < 1.29 is 9.84 Å². The molecule has 4 nitrogen and oxygen atoms in total. The van der Waals surface area contributed by atoms with Gasteiger partial charge in [-0.3, -0.25) is 5.41 Å². The number of aliphatic hydroxyl groups is 1. The predicted octanol–water partition coefficient (Wildman–Crippen LogP) is 2.91. The molecule has 2 aliphatic heterocycles. The van der Waals surface area contributed by atoms with E-state index in [-0.39, 0.29) is 5.92 Å². The number of aliphatic hydroxyl groups excluding tert-OH is 1. The molecule has 0 aromatic rings. The summed E-state index contributed by atoms with van der Waals surface area (Å²) in [6.45, 7) is 5.08. The fourth-order valence-corrected chi connectivity index (χ4v) is 3.72. The van der Waals surface area contributed by atoms with Crippen LogP contribution in [0.15, 0.2) is 0 Å². The van der Waals surface area contributed by atoms with Gasteiger partial charge in [0.25, 0.3) is 0 Å². The molecule has 116 valence electrons. The van der Waals surface area contributed by atoms with Gasteiger partial charge in [0, 0.05) is 18.9 Å². The van der Waals surface area contributed by atoms with E-state index >= 15 is 0 Å². The molecule has 0 radical (unpaired) electrons. The number of nitrogens with zero attached hydrogens (tertiary/aromatic N) is 1. The Balaban J connectivity index is 1.60. The lowest BCUT2D eigenvalue weighted by atomic mass is 9.93. The average Bonchev–Trinajstić information content (AvgIpc) is 3.11. The van der Waals surface area contributed by atoms with Crippen molar-refractivity contribution in [3.63, 3.8) is 0 Å². The Bertz CT molecular complexity index is 338. The van der Waals surface area contributed by atoms with Crippen LogP contribution < -0.4 is 0 Å². The van der Waals surface area contributed by atoms with Crippen LogP contribution in [0.2, 0.25) is 0 Å². The quantitative estimate of drug-likeness (QED) is 0.534. The van der Waals surface area contributed by atoms with E-state index in [4.69, 9.17) is 10.1 Å². The first-order chi connectivity index (χ1) is 9.54. The van der Waals surface area contributed by atoms with Crippen LogP contribution >= 0.6 is 11.8 Å². The zero-order valence-electron chi connectivity index (χ0n) is 12.8. The maximum Gasteiger partial charge on any atom is 0.131 e. The van der Waals surface area contributed by atoms with E-state index in [0.29, 0.717) is 23.3 Å². The highest BCUT2D eigenvalue weighted by Gasteiger charge is 2.38. The Morgan fingerprint density at radius 1 is 1.40 bits per heavy atom. The van der Waals surface area contributed by atoms with Crippen molar-refractivity contribution in [2.75, 3.05) is 12.8 Å². The monoisotopic (exact) mass is 300 g/mol. The fraction of sp³-hybridized carbons (Fsp3) is 0.933. The van der Waals surface area contributed by atoms with E-state index in [1.165, 1.54) is 6.42 Å². The molecule has 2 fully saturated rings. The third-order valence-corrected chi connectivity index (χ3v) is 5.37. The van der Waals surface area contributed by atoms with Crippen molar-refractivity contribution >= 4 is 17.6 Å². The molecule has 2 saturated heterocycles. The fourth-order valence-electron chi connectivity index (χ4n) is 3.03. The van der Waals surface area contributed by atoms with Gasteiger partial charge in [0.1, 0.15) is 11.7 Å². The molecular weight excluding hydrogens is 272 g/mol. The van der Waals surface area contributed by atoms with Crippen LogP contribution in [0.1, 0.15) is 46.0 Å². The van der Waals surface area contributed by atoms with E-state index < -0.39 is 6.23 Å². The van der Waals surface area contributed by atoms with Crippen LogP contribution in [0.25, 0.3) is 0 Å². The maximum atomic E-state index is 10.3. The van der Waals surface area contributed by atoms with Gasteiger partial charge in [0.2, 0.25) is 0 Å². The summed E-state index contributed by atoms with van der Waals surface area (Å²) < 4.78 is 5.50. The molecule has 2 heterocycles. The van der Waals surface area contributed by atoms with Gasteiger partial charge in [-0.2, -0.15) is 0 Å². The average molecular weight is 300 g/mol. The second-order valence-corrected chi connectivity index (χ2v) is 7.23. The van der Waals surface area contributed by atoms with Gasteiger partial charge in [-0.05, 0) is 25.0 Å². The first-order valence-electron chi connectivity index (χ1n) is 7.75. The minimum Gasteiger partial charge on any atom is -0.373 e. The van der Waals surface area contributed by atoms with E-state index in [1.54, 1.807) is 11.8 Å². The highest BCUT2D eigenvalue weighted by Crippen LogP contribution is 2.35. The van der Waals surface area contributed by atoms with Crippen molar-refractivity contribution in [1.82, 2.24) is 4.90 Å². The van der Waals surface area contributed by atoms with Crippen LogP contribution in [0.5, 0.6) is 0 Å². The number of ether oxygens (including phenoxy) is 1. The summed E-state index contributed by atoms with van der Waals surface area (Å²) in [5.41, 5.74) is 0.440. The Hall–Kier alpha value is -0.260. The van der Waals surface area contributed by atoms with Gasteiger partial charge >= 0.3 is 0 Å². The van der Waals surface area contributed by atoms with Crippen LogP contribution in [0, 0.1) is 17.2 Å². The smallest absolute Gasteiger partial charge is 0.131 e. The number of hydrogen-bond acceptors (Lipinski definition) is 4. The largest absolute Gasteiger partial charge is 0.373 e. The number of likely N-dealkylation sites (tertiary alicyclic amines) is 1. The first-order valence-corrected chi connectivity index (χ1v) is 9.03. The summed E-state index contributed by atoms with van der Waals surface area (Å²) in [4.78, 5) is 1.89. The number of hydrogen-bond donors (Lipinski definition) is 2. The van der Waals surface area contributed by atoms with E-state index in [1.807, 2.05) is 4.90 Å². The number of amidine groups is 1. The number of epoxide rings is 1. The number of nitrogens with one attached hydrogen (secondary N) is 1. The third kappa shape index (κ3) is 3.89. The maximum absolute atomic E-state index is 10.3. The minimum absolute atomic E-state index is 0.227. The molecule has 2 rings (SSSR count). The zero-order valence-corrected chi connectivity index (χ0v) is 13.7. The number of unbranched alkanes of at least 4 members (excludes halogenated alkanes) is 2. The summed E-state index contributed by atoms with van der Waals surface area (Å²) in [7, 11) is 0. The number of thioether (sulfide) groups is 1. The van der Waals surface area contributed by atoms with Crippen LogP contribution in [-0.4, -0.2) is 46.4 Å². The van der Waals surface area contributed by atoms with E-state index in [0.717, 1.165) is 32.2 Å². The lowest BCUT2D eigenvalue weighted by Crippen LogP contribution is -2.36. The van der Waals surface area contributed by atoms with Crippen LogP contribution in [0.3, 0.4) is 0 Å². The van der Waals surface area contributed by atoms with Crippen molar-refractivity contribution in [3.8, 4) is 0 Å². The van der Waals surface area contributed by atoms with Crippen LogP contribution in [-0.2, 0) is 4.74 Å². The molecule has 0 aromatic heterocycles. The SMILES string of the molecule is CSC1OC1CCCCCN1C(=N)CC(C(C)C)C1O. The summed E-state index contributed by atoms with van der Waals surface area (Å²) in [6, 6.07) is 0. The van der Waals surface area contributed by atoms with Crippen molar-refractivity contribution in [2.24, 2.45) is 11.8 Å². The molecule has 2 N–H and O–H groups in total.